The van der Waals surface area contributed by atoms with E-state index in [9.17, 15) is 14.9 Å². The molecule has 0 saturated carbocycles. The first kappa shape index (κ1) is 20.2. The van der Waals surface area contributed by atoms with Gasteiger partial charge in [0, 0.05) is 37.6 Å². The summed E-state index contributed by atoms with van der Waals surface area (Å²) in [6.07, 6.45) is 0. The van der Waals surface area contributed by atoms with Crippen molar-refractivity contribution in [2.24, 2.45) is 0 Å². The van der Waals surface area contributed by atoms with Crippen molar-refractivity contribution >= 4 is 22.9 Å². The Morgan fingerprint density at radius 2 is 2.07 bits per heavy atom. The number of hydrogen-bond acceptors (Lipinski definition) is 8. The standard InChI is InChI=1S/C18H22N4O5S/c1-20(18(23)12-27-16-4-2-15(3-5-16)22(24)25)10-14-13-28-17(19-14)11-21-6-8-26-9-7-21/h2-5,13H,6-12H2,1H3. The summed E-state index contributed by atoms with van der Waals surface area (Å²) < 4.78 is 10.8. The van der Waals surface area contributed by atoms with Gasteiger partial charge in [-0.2, -0.15) is 0 Å². The van der Waals surface area contributed by atoms with Gasteiger partial charge in [-0.25, -0.2) is 4.98 Å². The second-order valence-electron chi connectivity index (χ2n) is 6.41. The Hall–Kier alpha value is -2.56. The molecule has 0 N–H and O–H groups in total. The normalized spacial score (nSPS) is 14.6. The molecule has 1 aromatic heterocycles. The van der Waals surface area contributed by atoms with Crippen LogP contribution in [0, 0.1) is 10.1 Å². The summed E-state index contributed by atoms with van der Waals surface area (Å²) in [5.41, 5.74) is 0.826. The van der Waals surface area contributed by atoms with E-state index >= 15 is 0 Å². The molecule has 150 valence electrons. The maximum absolute atomic E-state index is 12.3. The number of ether oxygens (including phenoxy) is 2. The van der Waals surface area contributed by atoms with Gasteiger partial charge in [-0.05, 0) is 12.1 Å². The lowest BCUT2D eigenvalue weighted by Gasteiger charge is -2.25. The molecule has 1 amide bonds. The number of likely N-dealkylation sites (N-methyl/N-ethyl adjacent to an activating group) is 1. The summed E-state index contributed by atoms with van der Waals surface area (Å²) in [5, 5.41) is 13.6. The van der Waals surface area contributed by atoms with E-state index in [2.05, 4.69) is 9.88 Å². The Bertz CT molecular complexity index is 805. The molecule has 2 heterocycles. The molecule has 1 aliphatic rings. The number of thiazole rings is 1. The van der Waals surface area contributed by atoms with Crippen LogP contribution in [0.5, 0.6) is 5.75 Å². The lowest BCUT2D eigenvalue weighted by Crippen LogP contribution is -2.35. The van der Waals surface area contributed by atoms with Crippen LogP contribution in [-0.4, -0.2) is 65.6 Å². The molecule has 2 aromatic rings. The number of hydrogen-bond donors (Lipinski definition) is 0. The highest BCUT2D eigenvalue weighted by Gasteiger charge is 2.15. The molecule has 0 aliphatic carbocycles. The summed E-state index contributed by atoms with van der Waals surface area (Å²) in [4.78, 5) is 30.9. The van der Waals surface area contributed by atoms with Gasteiger partial charge < -0.3 is 14.4 Å². The van der Waals surface area contributed by atoms with Crippen LogP contribution in [0.15, 0.2) is 29.6 Å². The van der Waals surface area contributed by atoms with E-state index in [1.165, 1.54) is 24.3 Å². The fraction of sp³-hybridized carbons (Fsp3) is 0.444. The summed E-state index contributed by atoms with van der Waals surface area (Å²) >= 11 is 1.59. The fourth-order valence-electron chi connectivity index (χ4n) is 2.70. The quantitative estimate of drug-likeness (QED) is 0.488. The number of nitro groups is 1. The zero-order valence-electron chi connectivity index (χ0n) is 15.6. The van der Waals surface area contributed by atoms with E-state index in [0.29, 0.717) is 12.3 Å². The van der Waals surface area contributed by atoms with Crippen LogP contribution in [0.2, 0.25) is 0 Å². The highest BCUT2D eigenvalue weighted by Crippen LogP contribution is 2.18. The summed E-state index contributed by atoms with van der Waals surface area (Å²) in [5.74, 6) is 0.217. The highest BCUT2D eigenvalue weighted by atomic mass is 32.1. The number of amides is 1. The van der Waals surface area contributed by atoms with E-state index in [-0.39, 0.29) is 18.2 Å². The highest BCUT2D eigenvalue weighted by molar-refractivity contribution is 7.09. The lowest BCUT2D eigenvalue weighted by atomic mass is 10.3. The molecular weight excluding hydrogens is 384 g/mol. The first-order valence-electron chi connectivity index (χ1n) is 8.86. The Morgan fingerprint density at radius 3 is 2.75 bits per heavy atom. The van der Waals surface area contributed by atoms with Crippen LogP contribution in [-0.2, 0) is 22.6 Å². The average molecular weight is 406 g/mol. The number of carbonyl (C=O) groups is 1. The minimum atomic E-state index is -0.482. The number of rotatable bonds is 8. The number of non-ortho nitro benzene ring substituents is 1. The number of benzene rings is 1. The van der Waals surface area contributed by atoms with Gasteiger partial charge in [0.25, 0.3) is 11.6 Å². The van der Waals surface area contributed by atoms with Crippen molar-refractivity contribution in [1.29, 1.82) is 0 Å². The zero-order valence-corrected chi connectivity index (χ0v) is 16.4. The van der Waals surface area contributed by atoms with Crippen molar-refractivity contribution in [3.8, 4) is 5.75 Å². The number of nitro benzene ring substituents is 1. The van der Waals surface area contributed by atoms with Crippen molar-refractivity contribution in [1.82, 2.24) is 14.8 Å². The van der Waals surface area contributed by atoms with Gasteiger partial charge in [-0.3, -0.25) is 19.8 Å². The summed E-state index contributed by atoms with van der Waals surface area (Å²) in [7, 11) is 1.70. The van der Waals surface area contributed by atoms with Crippen molar-refractivity contribution in [2.75, 3.05) is 40.0 Å². The SMILES string of the molecule is CN(Cc1csc(CN2CCOCC2)n1)C(=O)COc1ccc([N+](=O)[O-])cc1. The zero-order chi connectivity index (χ0) is 19.9. The third-order valence-corrected chi connectivity index (χ3v) is 5.18. The first-order valence-corrected chi connectivity index (χ1v) is 9.74. The first-order chi connectivity index (χ1) is 13.5. The second kappa shape index (κ2) is 9.58. The van der Waals surface area contributed by atoms with Crippen molar-refractivity contribution in [3.63, 3.8) is 0 Å². The van der Waals surface area contributed by atoms with Crippen LogP contribution < -0.4 is 4.74 Å². The molecular formula is C18H22N4O5S. The predicted molar refractivity (Wildman–Crippen MR) is 103 cm³/mol. The van der Waals surface area contributed by atoms with Gasteiger partial charge in [0.1, 0.15) is 10.8 Å². The molecule has 0 unspecified atom stereocenters. The smallest absolute Gasteiger partial charge is 0.269 e. The van der Waals surface area contributed by atoms with Crippen molar-refractivity contribution in [2.45, 2.75) is 13.1 Å². The Kier molecular flexibility index (Phi) is 6.90. The number of aromatic nitrogens is 1. The van der Waals surface area contributed by atoms with Crippen molar-refractivity contribution in [3.05, 3.63) is 50.5 Å². The van der Waals surface area contributed by atoms with Gasteiger partial charge in [0.2, 0.25) is 0 Å². The molecule has 28 heavy (non-hydrogen) atoms. The van der Waals surface area contributed by atoms with E-state index < -0.39 is 4.92 Å². The van der Waals surface area contributed by atoms with E-state index in [1.54, 1.807) is 23.3 Å². The monoisotopic (exact) mass is 406 g/mol. The van der Waals surface area contributed by atoms with Crippen LogP contribution in [0.4, 0.5) is 5.69 Å². The third kappa shape index (κ3) is 5.72. The van der Waals surface area contributed by atoms with Crippen LogP contribution >= 0.6 is 11.3 Å². The van der Waals surface area contributed by atoms with Gasteiger partial charge in [0.05, 0.1) is 36.9 Å². The Labute approximate surface area is 166 Å². The topological polar surface area (TPSA) is 98.0 Å². The molecule has 1 aliphatic heterocycles. The second-order valence-corrected chi connectivity index (χ2v) is 7.35. The number of nitrogens with zero attached hydrogens (tertiary/aromatic N) is 4. The van der Waals surface area contributed by atoms with Crippen molar-refractivity contribution < 1.29 is 19.2 Å². The molecule has 0 spiro atoms. The predicted octanol–water partition coefficient (Wildman–Crippen LogP) is 1.92. The van der Waals surface area contributed by atoms with Crippen LogP contribution in [0.1, 0.15) is 10.7 Å². The molecule has 9 nitrogen and oxygen atoms in total. The largest absolute Gasteiger partial charge is 0.484 e. The maximum Gasteiger partial charge on any atom is 0.269 e. The van der Waals surface area contributed by atoms with Crippen LogP contribution in [0.3, 0.4) is 0 Å². The molecule has 0 radical (unpaired) electrons. The van der Waals surface area contributed by atoms with Crippen LogP contribution in [0.25, 0.3) is 0 Å². The fourth-order valence-corrected chi connectivity index (χ4v) is 3.52. The Morgan fingerprint density at radius 1 is 1.36 bits per heavy atom. The average Bonchev–Trinajstić information content (AvgIpc) is 3.13. The molecule has 0 atom stereocenters. The molecule has 0 bridgehead atoms. The van der Waals surface area contributed by atoms with E-state index in [4.69, 9.17) is 9.47 Å². The molecule has 1 fully saturated rings. The number of carbonyl (C=O) groups excluding carboxylic acids is 1. The summed E-state index contributed by atoms with van der Waals surface area (Å²) in [6, 6.07) is 5.64. The minimum Gasteiger partial charge on any atom is -0.484 e. The molecule has 1 aromatic carbocycles. The third-order valence-electron chi connectivity index (χ3n) is 4.30. The number of morpholine rings is 1. The lowest BCUT2D eigenvalue weighted by molar-refractivity contribution is -0.384. The van der Waals surface area contributed by atoms with E-state index in [1.807, 2.05) is 5.38 Å². The Balaban J connectivity index is 1.45. The van der Waals surface area contributed by atoms with E-state index in [0.717, 1.165) is 43.5 Å². The van der Waals surface area contributed by atoms with Gasteiger partial charge in [-0.1, -0.05) is 0 Å². The molecule has 1 saturated heterocycles. The van der Waals surface area contributed by atoms with Gasteiger partial charge >= 0.3 is 0 Å². The van der Waals surface area contributed by atoms with Gasteiger partial charge in [-0.15, -0.1) is 11.3 Å². The minimum absolute atomic E-state index is 0.0211. The maximum atomic E-state index is 12.3. The van der Waals surface area contributed by atoms with Gasteiger partial charge in [0.15, 0.2) is 6.61 Å². The molecule has 3 rings (SSSR count). The summed E-state index contributed by atoms with van der Waals surface area (Å²) in [6.45, 7) is 4.39. The molecule has 10 heteroatoms.